The summed E-state index contributed by atoms with van der Waals surface area (Å²) in [6, 6.07) is 14.5. The van der Waals surface area contributed by atoms with E-state index in [9.17, 15) is 0 Å². The number of thiophene rings is 1. The van der Waals surface area contributed by atoms with Crippen LogP contribution in [0.1, 0.15) is 10.4 Å². The molecule has 0 saturated carbocycles. The molecule has 92 valence electrons. The standard InChI is InChI=1S/C14H14N2S2/c15-9-12-8-14(18-11-12)10-16-6-7-17-13-4-2-1-3-5-13/h1-5,8,11,16H,6-7,10H2. The zero-order valence-electron chi connectivity index (χ0n) is 9.93. The number of hydrogen-bond donors (Lipinski definition) is 1. The minimum atomic E-state index is 0.760. The van der Waals surface area contributed by atoms with Crippen molar-refractivity contribution in [3.8, 4) is 6.07 Å². The van der Waals surface area contributed by atoms with Gasteiger partial charge >= 0.3 is 0 Å². The average molecular weight is 274 g/mol. The second-order valence-electron chi connectivity index (χ2n) is 3.75. The Kier molecular flexibility index (Phi) is 5.28. The third-order valence-electron chi connectivity index (χ3n) is 2.37. The van der Waals surface area contributed by atoms with Crippen molar-refractivity contribution in [1.82, 2.24) is 5.32 Å². The van der Waals surface area contributed by atoms with Crippen LogP contribution in [0.25, 0.3) is 0 Å². The van der Waals surface area contributed by atoms with Crippen molar-refractivity contribution in [3.05, 3.63) is 52.2 Å². The zero-order chi connectivity index (χ0) is 12.6. The molecule has 4 heteroatoms. The Labute approximate surface area is 116 Å². The van der Waals surface area contributed by atoms with E-state index in [-0.39, 0.29) is 0 Å². The Morgan fingerprint density at radius 2 is 2.11 bits per heavy atom. The van der Waals surface area contributed by atoms with Gasteiger partial charge in [-0.1, -0.05) is 18.2 Å². The van der Waals surface area contributed by atoms with Gasteiger partial charge in [-0.25, -0.2) is 0 Å². The van der Waals surface area contributed by atoms with Gasteiger partial charge in [0, 0.05) is 34.0 Å². The van der Waals surface area contributed by atoms with E-state index < -0.39 is 0 Å². The largest absolute Gasteiger partial charge is 0.311 e. The van der Waals surface area contributed by atoms with Crippen LogP contribution in [0.2, 0.25) is 0 Å². The summed E-state index contributed by atoms with van der Waals surface area (Å²) in [7, 11) is 0. The molecule has 0 saturated heterocycles. The predicted octanol–water partition coefficient (Wildman–Crippen LogP) is 3.50. The second kappa shape index (κ2) is 7.22. The summed E-state index contributed by atoms with van der Waals surface area (Å²) >= 11 is 3.49. The molecule has 0 aliphatic carbocycles. The first-order valence-electron chi connectivity index (χ1n) is 5.74. The summed E-state index contributed by atoms with van der Waals surface area (Å²) in [5, 5.41) is 14.0. The molecule has 1 aromatic heterocycles. The van der Waals surface area contributed by atoms with Crippen LogP contribution >= 0.6 is 23.1 Å². The summed E-state index contributed by atoms with van der Waals surface area (Å²) in [6.45, 7) is 1.82. The van der Waals surface area contributed by atoms with E-state index in [1.165, 1.54) is 9.77 Å². The summed E-state index contributed by atoms with van der Waals surface area (Å²) in [6.07, 6.45) is 0. The zero-order valence-corrected chi connectivity index (χ0v) is 11.6. The lowest BCUT2D eigenvalue weighted by atomic mass is 10.3. The Bertz CT molecular complexity index is 514. The molecular weight excluding hydrogens is 260 g/mol. The molecule has 1 N–H and O–H groups in total. The minimum Gasteiger partial charge on any atom is -0.311 e. The van der Waals surface area contributed by atoms with Crippen molar-refractivity contribution in [3.63, 3.8) is 0 Å². The number of hydrogen-bond acceptors (Lipinski definition) is 4. The number of nitrogens with one attached hydrogen (secondary N) is 1. The highest BCUT2D eigenvalue weighted by Crippen LogP contribution is 2.16. The Hall–Kier alpha value is -1.28. The van der Waals surface area contributed by atoms with Crippen LogP contribution in [-0.4, -0.2) is 12.3 Å². The van der Waals surface area contributed by atoms with Gasteiger partial charge in [-0.3, -0.25) is 0 Å². The molecule has 0 atom stereocenters. The second-order valence-corrected chi connectivity index (χ2v) is 5.92. The SMILES string of the molecule is N#Cc1csc(CNCCSc2ccccc2)c1. The van der Waals surface area contributed by atoms with E-state index in [1.807, 2.05) is 29.3 Å². The molecule has 0 radical (unpaired) electrons. The quantitative estimate of drug-likeness (QED) is 0.647. The molecule has 0 bridgehead atoms. The molecule has 18 heavy (non-hydrogen) atoms. The number of rotatable bonds is 6. The van der Waals surface area contributed by atoms with Crippen molar-refractivity contribution in [2.75, 3.05) is 12.3 Å². The van der Waals surface area contributed by atoms with E-state index in [4.69, 9.17) is 5.26 Å². The van der Waals surface area contributed by atoms with Gasteiger partial charge in [-0.2, -0.15) is 5.26 Å². The highest BCUT2D eigenvalue weighted by Gasteiger charge is 1.98. The maximum absolute atomic E-state index is 8.72. The molecule has 0 amide bonds. The third kappa shape index (κ3) is 4.19. The van der Waals surface area contributed by atoms with E-state index in [1.54, 1.807) is 11.3 Å². The van der Waals surface area contributed by atoms with Crippen LogP contribution in [0, 0.1) is 11.3 Å². The first kappa shape index (κ1) is 13.2. The lowest BCUT2D eigenvalue weighted by molar-refractivity contribution is 0.741. The van der Waals surface area contributed by atoms with E-state index in [2.05, 4.69) is 35.7 Å². The van der Waals surface area contributed by atoms with Crippen molar-refractivity contribution in [2.24, 2.45) is 0 Å². The van der Waals surface area contributed by atoms with Crippen molar-refractivity contribution in [2.45, 2.75) is 11.4 Å². The van der Waals surface area contributed by atoms with Gasteiger partial charge in [0.1, 0.15) is 6.07 Å². The van der Waals surface area contributed by atoms with E-state index in [0.29, 0.717) is 0 Å². The maximum atomic E-state index is 8.72. The molecule has 1 aromatic carbocycles. The van der Waals surface area contributed by atoms with Gasteiger partial charge in [-0.15, -0.1) is 23.1 Å². The van der Waals surface area contributed by atoms with Crippen LogP contribution < -0.4 is 5.32 Å². The normalized spacial score (nSPS) is 10.2. The smallest absolute Gasteiger partial charge is 0.100 e. The summed E-state index contributed by atoms with van der Waals surface area (Å²) in [5.74, 6) is 1.06. The minimum absolute atomic E-state index is 0.760. The van der Waals surface area contributed by atoms with Crippen LogP contribution in [0.3, 0.4) is 0 Å². The first-order valence-corrected chi connectivity index (χ1v) is 7.61. The summed E-state index contributed by atoms with van der Waals surface area (Å²) in [5.41, 5.74) is 0.760. The van der Waals surface area contributed by atoms with Gasteiger partial charge in [0.2, 0.25) is 0 Å². The molecule has 0 aliphatic rings. The monoisotopic (exact) mass is 274 g/mol. The van der Waals surface area contributed by atoms with Gasteiger partial charge in [-0.05, 0) is 18.2 Å². The molecule has 0 spiro atoms. The summed E-state index contributed by atoms with van der Waals surface area (Å²) in [4.78, 5) is 2.53. The molecule has 2 nitrogen and oxygen atoms in total. The molecule has 2 rings (SSSR count). The van der Waals surface area contributed by atoms with E-state index >= 15 is 0 Å². The average Bonchev–Trinajstić information content (AvgIpc) is 2.87. The van der Waals surface area contributed by atoms with Crippen LogP contribution in [0.4, 0.5) is 0 Å². The first-order chi connectivity index (χ1) is 8.88. The van der Waals surface area contributed by atoms with Crippen LogP contribution in [0.5, 0.6) is 0 Å². The van der Waals surface area contributed by atoms with Gasteiger partial charge < -0.3 is 5.32 Å². The van der Waals surface area contributed by atoms with Crippen molar-refractivity contribution in [1.29, 1.82) is 5.26 Å². The number of nitriles is 1. The van der Waals surface area contributed by atoms with Crippen LogP contribution in [-0.2, 0) is 6.54 Å². The summed E-state index contributed by atoms with van der Waals surface area (Å²) < 4.78 is 0. The molecule has 0 fully saturated rings. The third-order valence-corrected chi connectivity index (χ3v) is 4.32. The number of nitrogens with zero attached hydrogens (tertiary/aromatic N) is 1. The number of thioether (sulfide) groups is 1. The maximum Gasteiger partial charge on any atom is 0.100 e. The fourth-order valence-electron chi connectivity index (χ4n) is 1.50. The molecule has 1 heterocycles. The Morgan fingerprint density at radius 3 is 2.83 bits per heavy atom. The fourth-order valence-corrected chi connectivity index (χ4v) is 3.11. The van der Waals surface area contributed by atoms with Crippen molar-refractivity contribution < 1.29 is 0 Å². The molecule has 2 aromatic rings. The van der Waals surface area contributed by atoms with Gasteiger partial charge in [0.05, 0.1) is 5.56 Å². The predicted molar refractivity (Wildman–Crippen MR) is 77.9 cm³/mol. The molecular formula is C14H14N2S2. The number of benzene rings is 1. The van der Waals surface area contributed by atoms with E-state index in [0.717, 1.165) is 24.4 Å². The molecule has 0 aliphatic heterocycles. The lowest BCUT2D eigenvalue weighted by Crippen LogP contribution is -2.15. The highest BCUT2D eigenvalue weighted by molar-refractivity contribution is 7.99. The lowest BCUT2D eigenvalue weighted by Gasteiger charge is -2.03. The van der Waals surface area contributed by atoms with Gasteiger partial charge in [0.25, 0.3) is 0 Å². The fraction of sp³-hybridized carbons (Fsp3) is 0.214. The van der Waals surface area contributed by atoms with Crippen molar-refractivity contribution >= 4 is 23.1 Å². The van der Waals surface area contributed by atoms with Crippen LogP contribution in [0.15, 0.2) is 46.7 Å². The Morgan fingerprint density at radius 1 is 1.28 bits per heavy atom. The topological polar surface area (TPSA) is 35.8 Å². The van der Waals surface area contributed by atoms with Gasteiger partial charge in [0.15, 0.2) is 0 Å². The highest BCUT2D eigenvalue weighted by atomic mass is 32.2. The Balaban J connectivity index is 1.63. The molecule has 0 unspecified atom stereocenters.